The van der Waals surface area contributed by atoms with E-state index >= 15 is 0 Å². The van der Waals surface area contributed by atoms with Crippen molar-refractivity contribution < 1.29 is 14.5 Å². The summed E-state index contributed by atoms with van der Waals surface area (Å²) in [5, 5.41) is 0. The molecule has 2 rings (SSSR count). The van der Waals surface area contributed by atoms with Crippen LogP contribution in [0, 0.1) is 0 Å². The zero-order valence-electron chi connectivity index (χ0n) is 17.3. The van der Waals surface area contributed by atoms with E-state index < -0.39 is 0 Å². The van der Waals surface area contributed by atoms with E-state index in [2.05, 4.69) is 30.1 Å². The number of benzene rings is 1. The van der Waals surface area contributed by atoms with Gasteiger partial charge in [0.05, 0.1) is 0 Å². The van der Waals surface area contributed by atoms with E-state index in [4.69, 9.17) is 4.74 Å². The van der Waals surface area contributed by atoms with Crippen molar-refractivity contribution in [3.05, 3.63) is 60.2 Å². The van der Waals surface area contributed by atoms with Crippen molar-refractivity contribution >= 4 is 45.5 Å². The van der Waals surface area contributed by atoms with Crippen LogP contribution in [0.2, 0.25) is 0 Å². The molecule has 1 heterocycles. The topological polar surface area (TPSA) is 43.5 Å². The van der Waals surface area contributed by atoms with Crippen LogP contribution in [0.5, 0.6) is 0 Å². The number of ether oxygens (including phenoxy) is 1. The molecule has 0 bridgehead atoms. The largest absolute Gasteiger partial charge is 0.460 e. The summed E-state index contributed by atoms with van der Waals surface area (Å²) < 4.78 is 5.65. The molecule has 1 fully saturated rings. The molecular weight excluding hydrogens is 400 g/mol. The fourth-order valence-corrected chi connectivity index (χ4v) is 5.01. The van der Waals surface area contributed by atoms with E-state index in [9.17, 15) is 4.79 Å². The molecule has 1 aromatic rings. The first-order valence-corrected chi connectivity index (χ1v) is 12.5. The number of carbonyl (C=O) groups excluding carboxylic acids is 1. The van der Waals surface area contributed by atoms with E-state index in [0.717, 1.165) is 42.1 Å². The zero-order chi connectivity index (χ0) is 20.7. The maximum Gasteiger partial charge on any atom is 0.325 e. The Kier molecular flexibility index (Phi) is 11.4. The Bertz CT molecular complexity index is 719. The molecule has 1 aliphatic heterocycles. The van der Waals surface area contributed by atoms with Crippen LogP contribution < -0.4 is 9.89 Å². The van der Waals surface area contributed by atoms with Crippen molar-refractivity contribution in [2.45, 2.75) is 25.9 Å². The fraction of sp³-hybridized carbons (Fsp3) is 0.391. The summed E-state index contributed by atoms with van der Waals surface area (Å²) in [7, 11) is 5.59. The number of hydrogen-bond acceptors (Lipinski definition) is 5. The molecule has 1 aliphatic rings. The third-order valence-corrected chi connectivity index (χ3v) is 6.78. The number of rotatable bonds is 9. The molecule has 0 amide bonds. The van der Waals surface area contributed by atoms with Gasteiger partial charge in [0, 0.05) is 30.3 Å². The molecule has 0 aromatic heterocycles. The first-order valence-electron chi connectivity index (χ1n) is 10.0. The number of esters is 1. The Hall–Kier alpha value is -1.92. The number of carbonyl (C=O) groups is 1. The number of anilines is 1. The van der Waals surface area contributed by atoms with E-state index in [1.54, 1.807) is 10.8 Å². The normalized spacial score (nSPS) is 18.1. The lowest BCUT2D eigenvalue weighted by Gasteiger charge is -2.21. The van der Waals surface area contributed by atoms with Gasteiger partial charge in [0.2, 0.25) is 0 Å². The smallest absolute Gasteiger partial charge is 0.325 e. The molecule has 4 nitrogen and oxygen atoms in total. The summed E-state index contributed by atoms with van der Waals surface area (Å²) in [6.07, 6.45) is 16.1. The third kappa shape index (κ3) is 9.90. The predicted molar refractivity (Wildman–Crippen MR) is 129 cm³/mol. The van der Waals surface area contributed by atoms with Gasteiger partial charge in [0.1, 0.15) is 19.2 Å². The molecule has 1 saturated heterocycles. The maximum absolute atomic E-state index is 12.2. The van der Waals surface area contributed by atoms with Crippen LogP contribution in [0.4, 0.5) is 5.69 Å². The first kappa shape index (κ1) is 23.4. The minimum absolute atomic E-state index is 0.0483. The molecular formula is C23H31N2O2S2+. The van der Waals surface area contributed by atoms with Crippen LogP contribution in [0.25, 0.3) is 6.08 Å². The quantitative estimate of drug-likeness (QED) is 0.281. The van der Waals surface area contributed by atoms with E-state index in [1.165, 1.54) is 0 Å². The second-order valence-electron chi connectivity index (χ2n) is 6.66. The van der Waals surface area contributed by atoms with E-state index in [1.807, 2.05) is 71.5 Å². The molecule has 156 valence electrons. The van der Waals surface area contributed by atoms with Gasteiger partial charge in [-0.05, 0) is 37.5 Å². The second kappa shape index (κ2) is 14.1. The van der Waals surface area contributed by atoms with E-state index in [-0.39, 0.29) is 18.6 Å². The highest BCUT2D eigenvalue weighted by molar-refractivity contribution is 8.76. The van der Waals surface area contributed by atoms with Gasteiger partial charge in [-0.25, -0.2) is 4.99 Å². The number of hydrogen-bond donors (Lipinski definition) is 1. The van der Waals surface area contributed by atoms with E-state index in [0.29, 0.717) is 0 Å². The van der Waals surface area contributed by atoms with Gasteiger partial charge >= 0.3 is 5.97 Å². The Balaban J connectivity index is 1.78. The van der Waals surface area contributed by atoms with Gasteiger partial charge in [-0.3, -0.25) is 4.79 Å². The van der Waals surface area contributed by atoms with Crippen molar-refractivity contribution in [1.29, 1.82) is 0 Å². The summed E-state index contributed by atoms with van der Waals surface area (Å²) in [4.78, 5) is 17.3. The van der Waals surface area contributed by atoms with Crippen LogP contribution in [-0.2, 0) is 9.53 Å². The van der Waals surface area contributed by atoms with Crippen molar-refractivity contribution in [2.24, 2.45) is 0 Å². The predicted octanol–water partition coefficient (Wildman–Crippen LogP) is 3.51. The highest BCUT2D eigenvalue weighted by atomic mass is 33.1. The number of allylic oxidation sites excluding steroid dienone is 5. The molecule has 0 aliphatic carbocycles. The zero-order valence-corrected chi connectivity index (χ0v) is 18.9. The average Bonchev–Trinajstić information content (AvgIpc) is 2.99. The first-order chi connectivity index (χ1) is 14.2. The highest BCUT2D eigenvalue weighted by Gasteiger charge is 2.18. The van der Waals surface area contributed by atoms with Crippen molar-refractivity contribution in [1.82, 2.24) is 0 Å². The lowest BCUT2D eigenvalue weighted by molar-refractivity contribution is -0.446. The third-order valence-electron chi connectivity index (χ3n) is 4.24. The lowest BCUT2D eigenvalue weighted by Crippen LogP contribution is -2.67. The maximum atomic E-state index is 12.2. The molecule has 0 saturated carbocycles. The second-order valence-corrected chi connectivity index (χ2v) is 9.29. The van der Waals surface area contributed by atoms with Crippen LogP contribution in [0.1, 0.15) is 25.3 Å². The highest BCUT2D eigenvalue weighted by Crippen LogP contribution is 2.29. The van der Waals surface area contributed by atoms with Crippen molar-refractivity contribution in [3.8, 4) is 0 Å². The van der Waals surface area contributed by atoms with Crippen LogP contribution >= 0.6 is 21.6 Å². The average molecular weight is 432 g/mol. The molecule has 1 aromatic carbocycles. The van der Waals surface area contributed by atoms with Gasteiger partial charge in [-0.1, -0.05) is 64.1 Å². The SMILES string of the molecule is CC[NH+]=C\C=C/C=C/C=C/c1ccc(N(C)CC(=O)OC2CCCSSC2)cc1. The standard InChI is InChI=1S/C23H30N2O2S2/c1-3-24-16-8-6-4-5-7-10-20-12-14-21(15-13-20)25(2)18-23(26)27-22-11-9-17-28-29-19-22/h4-8,10,12-16,22H,3,9,11,17-19H2,1-2H3/p+1/b5-4+,8-6-,10-7+,24-16?. The van der Waals surface area contributed by atoms with Crippen LogP contribution in [0.3, 0.4) is 0 Å². The summed E-state index contributed by atoms with van der Waals surface area (Å²) in [5.41, 5.74) is 2.12. The molecule has 1 N–H and O–H groups in total. The Morgan fingerprint density at radius 3 is 2.72 bits per heavy atom. The molecule has 0 radical (unpaired) electrons. The summed E-state index contributed by atoms with van der Waals surface area (Å²) in [6.45, 7) is 3.26. The molecule has 0 spiro atoms. The number of likely N-dealkylation sites (N-methyl/N-ethyl adjacent to an activating group) is 1. The molecule has 6 heteroatoms. The van der Waals surface area contributed by atoms with Gasteiger partial charge in [-0.15, -0.1) is 0 Å². The fourth-order valence-electron chi connectivity index (χ4n) is 2.68. The molecule has 1 atom stereocenters. The summed E-state index contributed by atoms with van der Waals surface area (Å²) in [6, 6.07) is 8.16. The van der Waals surface area contributed by atoms with Crippen molar-refractivity contribution in [2.75, 3.05) is 36.5 Å². The summed E-state index contributed by atoms with van der Waals surface area (Å²) in [5.74, 6) is 1.87. The lowest BCUT2D eigenvalue weighted by atomic mass is 10.2. The Morgan fingerprint density at radius 1 is 1.17 bits per heavy atom. The van der Waals surface area contributed by atoms with Gasteiger partial charge in [-0.2, -0.15) is 0 Å². The molecule has 1 unspecified atom stereocenters. The Morgan fingerprint density at radius 2 is 1.93 bits per heavy atom. The minimum atomic E-state index is -0.154. The van der Waals surface area contributed by atoms with Crippen LogP contribution in [0.15, 0.2) is 54.6 Å². The van der Waals surface area contributed by atoms with Crippen LogP contribution in [-0.4, -0.2) is 49.9 Å². The molecule has 29 heavy (non-hydrogen) atoms. The van der Waals surface area contributed by atoms with Gasteiger partial charge in [0.25, 0.3) is 0 Å². The summed E-state index contributed by atoms with van der Waals surface area (Å²) >= 11 is 0. The monoisotopic (exact) mass is 431 g/mol. The Labute approximate surface area is 182 Å². The number of nitrogens with one attached hydrogen (secondary N) is 1. The van der Waals surface area contributed by atoms with Gasteiger partial charge in [0.15, 0.2) is 6.21 Å². The number of nitrogens with zero attached hydrogens (tertiary/aromatic N) is 1. The van der Waals surface area contributed by atoms with Gasteiger partial charge < -0.3 is 9.64 Å². The minimum Gasteiger partial charge on any atom is -0.460 e. The van der Waals surface area contributed by atoms with Crippen molar-refractivity contribution in [3.63, 3.8) is 0 Å².